The van der Waals surface area contributed by atoms with Crippen LogP contribution in [0.3, 0.4) is 0 Å². The Hall–Kier alpha value is -1.89. The fourth-order valence-corrected chi connectivity index (χ4v) is 2.20. The molecule has 0 heterocycles. The van der Waals surface area contributed by atoms with E-state index in [0.29, 0.717) is 30.8 Å². The van der Waals surface area contributed by atoms with Crippen LogP contribution in [0.15, 0.2) is 36.4 Å². The molecule has 0 aromatic heterocycles. The molecule has 0 unspecified atom stereocenters. The fourth-order valence-electron chi connectivity index (χ4n) is 2.20. The highest BCUT2D eigenvalue weighted by molar-refractivity contribution is 5.79. The minimum absolute atomic E-state index is 0.112. The van der Waals surface area contributed by atoms with Crippen molar-refractivity contribution in [3.8, 4) is 5.75 Å². The Balaban J connectivity index is 2.79. The lowest BCUT2D eigenvalue weighted by Gasteiger charge is -2.24. The average molecular weight is 324 g/mol. The molecule has 0 fully saturated rings. The van der Waals surface area contributed by atoms with Crippen LogP contribution >= 0.6 is 0 Å². The van der Waals surface area contributed by atoms with E-state index in [-0.39, 0.29) is 13.2 Å². The van der Waals surface area contributed by atoms with E-state index in [1.165, 1.54) is 6.08 Å². The summed E-state index contributed by atoms with van der Waals surface area (Å²) in [6.45, 7) is 2.30. The Labute approximate surface area is 136 Å². The molecule has 1 aromatic carbocycles. The molecule has 128 valence electrons. The summed E-state index contributed by atoms with van der Waals surface area (Å²) in [6, 6.07) is 7.05. The number of para-hydroxylation sites is 1. The molecule has 6 nitrogen and oxygen atoms in total. The molecule has 0 saturated heterocycles. The van der Waals surface area contributed by atoms with Gasteiger partial charge in [0, 0.05) is 18.2 Å². The maximum absolute atomic E-state index is 10.6. The average Bonchev–Trinajstić information content (AvgIpc) is 2.55. The number of aliphatic carboxylic acids is 1. The zero-order valence-corrected chi connectivity index (χ0v) is 13.2. The van der Waals surface area contributed by atoms with E-state index < -0.39 is 18.2 Å². The van der Waals surface area contributed by atoms with Gasteiger partial charge in [-0.15, -0.1) is 0 Å². The van der Waals surface area contributed by atoms with Crippen LogP contribution in [0.4, 0.5) is 0 Å². The summed E-state index contributed by atoms with van der Waals surface area (Å²) in [5, 5.41) is 28.0. The summed E-state index contributed by atoms with van der Waals surface area (Å²) in [5.74, 6) is -0.499. The molecule has 0 saturated carbocycles. The van der Waals surface area contributed by atoms with Crippen LogP contribution in [0.2, 0.25) is 0 Å². The van der Waals surface area contributed by atoms with Gasteiger partial charge in [0.1, 0.15) is 18.5 Å². The summed E-state index contributed by atoms with van der Waals surface area (Å²) < 4.78 is 11.0. The molecule has 0 amide bonds. The zero-order chi connectivity index (χ0) is 17.1. The third-order valence-corrected chi connectivity index (χ3v) is 3.20. The van der Waals surface area contributed by atoms with E-state index in [9.17, 15) is 9.90 Å². The number of hydrogen-bond donors (Lipinski definition) is 3. The summed E-state index contributed by atoms with van der Waals surface area (Å²) >= 11 is 0. The first-order chi connectivity index (χ1) is 11.1. The van der Waals surface area contributed by atoms with Gasteiger partial charge in [0.15, 0.2) is 0 Å². The molecule has 0 spiro atoms. The third kappa shape index (κ3) is 6.81. The minimum Gasteiger partial charge on any atom is -0.491 e. The molecule has 0 aliphatic carbocycles. The van der Waals surface area contributed by atoms with Gasteiger partial charge >= 0.3 is 5.97 Å². The Morgan fingerprint density at radius 1 is 1.35 bits per heavy atom. The molecular formula is C17H24O6. The van der Waals surface area contributed by atoms with Crippen molar-refractivity contribution < 1.29 is 29.6 Å². The Bertz CT molecular complexity index is 500. The van der Waals surface area contributed by atoms with Gasteiger partial charge in [-0.3, -0.25) is 0 Å². The van der Waals surface area contributed by atoms with E-state index in [4.69, 9.17) is 19.7 Å². The molecule has 0 bridgehead atoms. The van der Waals surface area contributed by atoms with Crippen LogP contribution in [-0.4, -0.2) is 47.2 Å². The number of carbonyl (C=O) groups is 1. The first kappa shape index (κ1) is 19.2. The van der Waals surface area contributed by atoms with Crippen LogP contribution < -0.4 is 4.74 Å². The van der Waals surface area contributed by atoms with Gasteiger partial charge in [-0.05, 0) is 25.8 Å². The summed E-state index contributed by atoms with van der Waals surface area (Å²) in [7, 11) is 0. The topological polar surface area (TPSA) is 96.2 Å². The lowest BCUT2D eigenvalue weighted by Crippen LogP contribution is -2.23. The number of allylic oxidation sites excluding steroid dienone is 1. The lowest BCUT2D eigenvalue weighted by atomic mass is 9.99. The van der Waals surface area contributed by atoms with E-state index in [2.05, 4.69) is 0 Å². The van der Waals surface area contributed by atoms with E-state index in [1.807, 2.05) is 6.92 Å². The molecule has 3 N–H and O–H groups in total. The quantitative estimate of drug-likeness (QED) is 0.538. The second-order valence-electron chi connectivity index (χ2n) is 4.87. The first-order valence-electron chi connectivity index (χ1n) is 7.61. The first-order valence-corrected chi connectivity index (χ1v) is 7.61. The predicted molar refractivity (Wildman–Crippen MR) is 85.4 cm³/mol. The zero-order valence-electron chi connectivity index (χ0n) is 13.2. The predicted octanol–water partition coefficient (Wildman–Crippen LogP) is 1.92. The van der Waals surface area contributed by atoms with Gasteiger partial charge in [-0.25, -0.2) is 4.79 Å². The van der Waals surface area contributed by atoms with Gasteiger partial charge in [0.05, 0.1) is 12.7 Å². The summed E-state index contributed by atoms with van der Waals surface area (Å²) in [4.78, 5) is 10.5. The maximum atomic E-state index is 10.6. The molecule has 23 heavy (non-hydrogen) atoms. The highest BCUT2D eigenvalue weighted by Gasteiger charge is 2.23. The largest absolute Gasteiger partial charge is 0.491 e. The van der Waals surface area contributed by atoms with Crippen molar-refractivity contribution in [1.29, 1.82) is 0 Å². The molecule has 2 atom stereocenters. The normalized spacial score (nSPS) is 13.9. The van der Waals surface area contributed by atoms with Gasteiger partial charge in [0.2, 0.25) is 0 Å². The molecule has 1 rings (SSSR count). The van der Waals surface area contributed by atoms with Gasteiger partial charge < -0.3 is 24.8 Å². The SMILES string of the molecule is CCO[C@H](CC/C=C/C(=O)O)[C@H](O)c1ccccc1OCCO. The Morgan fingerprint density at radius 3 is 2.74 bits per heavy atom. The number of aliphatic hydroxyl groups excluding tert-OH is 2. The maximum Gasteiger partial charge on any atom is 0.327 e. The van der Waals surface area contributed by atoms with Crippen LogP contribution in [0, 0.1) is 0 Å². The smallest absolute Gasteiger partial charge is 0.327 e. The lowest BCUT2D eigenvalue weighted by molar-refractivity contribution is -0.131. The number of rotatable bonds is 11. The van der Waals surface area contributed by atoms with Crippen molar-refractivity contribution in [3.05, 3.63) is 42.0 Å². The number of aliphatic hydroxyl groups is 2. The monoisotopic (exact) mass is 324 g/mol. The molecule has 1 aromatic rings. The molecule has 0 radical (unpaired) electrons. The second-order valence-corrected chi connectivity index (χ2v) is 4.87. The van der Waals surface area contributed by atoms with Crippen molar-refractivity contribution in [2.24, 2.45) is 0 Å². The van der Waals surface area contributed by atoms with Crippen molar-refractivity contribution >= 4 is 5.97 Å². The third-order valence-electron chi connectivity index (χ3n) is 3.20. The highest BCUT2D eigenvalue weighted by atomic mass is 16.5. The Kier molecular flexibility index (Phi) is 8.97. The highest BCUT2D eigenvalue weighted by Crippen LogP contribution is 2.30. The standard InChI is InChI=1S/C17H24O6/c1-2-22-15(9-5-6-10-16(19)20)17(21)13-7-3-4-8-14(13)23-12-11-18/h3-4,6-8,10,15,17-18,21H,2,5,9,11-12H2,1H3,(H,19,20)/b10-6+/t15-,17-/m1/s1. The van der Waals surface area contributed by atoms with Crippen LogP contribution in [0.25, 0.3) is 0 Å². The van der Waals surface area contributed by atoms with Gasteiger partial charge in [-0.1, -0.05) is 24.3 Å². The van der Waals surface area contributed by atoms with Crippen molar-refractivity contribution in [3.63, 3.8) is 0 Å². The van der Waals surface area contributed by atoms with Crippen LogP contribution in [0.1, 0.15) is 31.4 Å². The molecule has 0 aliphatic rings. The number of hydrogen-bond acceptors (Lipinski definition) is 5. The molecule has 0 aliphatic heterocycles. The van der Waals surface area contributed by atoms with E-state index in [1.54, 1.807) is 24.3 Å². The number of benzene rings is 1. The van der Waals surface area contributed by atoms with Crippen LogP contribution in [0.5, 0.6) is 5.75 Å². The summed E-state index contributed by atoms with van der Waals surface area (Å²) in [5.41, 5.74) is 0.585. The number of carboxylic acids is 1. The van der Waals surface area contributed by atoms with E-state index >= 15 is 0 Å². The second kappa shape index (κ2) is 10.8. The van der Waals surface area contributed by atoms with E-state index in [0.717, 1.165) is 6.08 Å². The van der Waals surface area contributed by atoms with Crippen molar-refractivity contribution in [2.75, 3.05) is 19.8 Å². The molecule has 6 heteroatoms. The van der Waals surface area contributed by atoms with Gasteiger partial charge in [-0.2, -0.15) is 0 Å². The summed E-state index contributed by atoms with van der Waals surface area (Å²) in [6.07, 6.45) is 2.20. The van der Waals surface area contributed by atoms with Crippen LogP contribution in [-0.2, 0) is 9.53 Å². The number of ether oxygens (including phenoxy) is 2. The van der Waals surface area contributed by atoms with Crippen molar-refractivity contribution in [2.45, 2.75) is 32.0 Å². The minimum atomic E-state index is -0.999. The fraction of sp³-hybridized carbons (Fsp3) is 0.471. The molecular weight excluding hydrogens is 300 g/mol. The Morgan fingerprint density at radius 2 is 2.09 bits per heavy atom. The number of carboxylic acid groups (broad SMARTS) is 1. The van der Waals surface area contributed by atoms with Gasteiger partial charge in [0.25, 0.3) is 0 Å². The van der Waals surface area contributed by atoms with Crippen molar-refractivity contribution in [1.82, 2.24) is 0 Å².